The number of halogens is 1. The molecule has 0 spiro atoms. The van der Waals surface area contributed by atoms with Crippen LogP contribution in [0.2, 0.25) is 0 Å². The first kappa shape index (κ1) is 15.1. The molecule has 0 bridgehead atoms. The molecule has 0 aromatic heterocycles. The second kappa shape index (κ2) is 6.86. The molecule has 0 saturated carbocycles. The minimum atomic E-state index is -0.177. The van der Waals surface area contributed by atoms with Gasteiger partial charge in [0.2, 0.25) is 0 Å². The number of hydrogen-bond donors (Lipinski definition) is 2. The lowest BCUT2D eigenvalue weighted by Crippen LogP contribution is -2.38. The molecule has 102 valence electrons. The molecule has 0 radical (unpaired) electrons. The quantitative estimate of drug-likeness (QED) is 0.729. The number of nitrogens with one attached hydrogen (secondary N) is 2. The third kappa shape index (κ3) is 5.15. The molecular formula is C15H25FN2. The van der Waals surface area contributed by atoms with Crippen molar-refractivity contribution in [3.05, 3.63) is 35.6 Å². The highest BCUT2D eigenvalue weighted by atomic mass is 19.1. The van der Waals surface area contributed by atoms with Crippen molar-refractivity contribution in [2.24, 2.45) is 0 Å². The SMILES string of the molecule is CC(C)NCCNCC(C)(C)c1ccc(F)cc1. The van der Waals surface area contributed by atoms with E-state index >= 15 is 0 Å². The third-order valence-electron chi connectivity index (χ3n) is 3.05. The van der Waals surface area contributed by atoms with Gasteiger partial charge in [0.1, 0.15) is 5.82 Å². The van der Waals surface area contributed by atoms with E-state index in [-0.39, 0.29) is 11.2 Å². The summed E-state index contributed by atoms with van der Waals surface area (Å²) in [6.07, 6.45) is 0. The van der Waals surface area contributed by atoms with Crippen LogP contribution in [0.25, 0.3) is 0 Å². The molecule has 0 aliphatic heterocycles. The normalized spacial score (nSPS) is 12.1. The van der Waals surface area contributed by atoms with Gasteiger partial charge in [0, 0.05) is 31.1 Å². The molecule has 0 saturated heterocycles. The van der Waals surface area contributed by atoms with Crippen LogP contribution in [0.1, 0.15) is 33.3 Å². The summed E-state index contributed by atoms with van der Waals surface area (Å²) in [5.74, 6) is -0.177. The molecular weight excluding hydrogens is 227 g/mol. The summed E-state index contributed by atoms with van der Waals surface area (Å²) < 4.78 is 12.9. The standard InChI is InChI=1S/C15H25FN2/c1-12(2)18-10-9-17-11-15(3,4)13-5-7-14(16)8-6-13/h5-8,12,17-18H,9-11H2,1-4H3. The van der Waals surface area contributed by atoms with Gasteiger partial charge in [0.05, 0.1) is 0 Å². The van der Waals surface area contributed by atoms with Crippen molar-refractivity contribution in [2.45, 2.75) is 39.2 Å². The lowest BCUT2D eigenvalue weighted by molar-refractivity contribution is 0.458. The highest BCUT2D eigenvalue weighted by Crippen LogP contribution is 2.22. The van der Waals surface area contributed by atoms with E-state index in [1.54, 1.807) is 0 Å². The summed E-state index contributed by atoms with van der Waals surface area (Å²) in [6, 6.07) is 7.30. The Hall–Kier alpha value is -0.930. The van der Waals surface area contributed by atoms with Crippen molar-refractivity contribution >= 4 is 0 Å². The van der Waals surface area contributed by atoms with E-state index in [0.29, 0.717) is 6.04 Å². The van der Waals surface area contributed by atoms with Crippen LogP contribution in [0, 0.1) is 5.82 Å². The molecule has 0 fully saturated rings. The van der Waals surface area contributed by atoms with Gasteiger partial charge in [-0.05, 0) is 17.7 Å². The maximum atomic E-state index is 12.9. The van der Waals surface area contributed by atoms with Crippen molar-refractivity contribution in [2.75, 3.05) is 19.6 Å². The first-order valence-corrected chi connectivity index (χ1v) is 6.62. The van der Waals surface area contributed by atoms with E-state index in [4.69, 9.17) is 0 Å². The van der Waals surface area contributed by atoms with E-state index in [0.717, 1.165) is 25.2 Å². The molecule has 1 rings (SSSR count). The Bertz CT molecular complexity index is 344. The van der Waals surface area contributed by atoms with Gasteiger partial charge in [0.25, 0.3) is 0 Å². The smallest absolute Gasteiger partial charge is 0.123 e. The average molecular weight is 252 g/mol. The highest BCUT2D eigenvalue weighted by Gasteiger charge is 2.19. The van der Waals surface area contributed by atoms with Crippen LogP contribution in [0.5, 0.6) is 0 Å². The van der Waals surface area contributed by atoms with E-state index in [1.165, 1.54) is 12.1 Å². The summed E-state index contributed by atoms with van der Waals surface area (Å²) in [5.41, 5.74) is 1.18. The number of hydrogen-bond acceptors (Lipinski definition) is 2. The minimum Gasteiger partial charge on any atom is -0.315 e. The van der Waals surface area contributed by atoms with Gasteiger partial charge >= 0.3 is 0 Å². The third-order valence-corrected chi connectivity index (χ3v) is 3.05. The van der Waals surface area contributed by atoms with Gasteiger partial charge in [-0.2, -0.15) is 0 Å². The van der Waals surface area contributed by atoms with Gasteiger partial charge in [-0.25, -0.2) is 4.39 Å². The fourth-order valence-electron chi connectivity index (χ4n) is 1.85. The van der Waals surface area contributed by atoms with E-state index in [9.17, 15) is 4.39 Å². The summed E-state index contributed by atoms with van der Waals surface area (Å²) in [7, 11) is 0. The van der Waals surface area contributed by atoms with Gasteiger partial charge in [-0.1, -0.05) is 39.8 Å². The molecule has 0 atom stereocenters. The van der Waals surface area contributed by atoms with E-state index < -0.39 is 0 Å². The van der Waals surface area contributed by atoms with E-state index in [1.807, 2.05) is 12.1 Å². The van der Waals surface area contributed by atoms with Crippen molar-refractivity contribution < 1.29 is 4.39 Å². The molecule has 2 nitrogen and oxygen atoms in total. The van der Waals surface area contributed by atoms with Crippen molar-refractivity contribution in [1.82, 2.24) is 10.6 Å². The fraction of sp³-hybridized carbons (Fsp3) is 0.600. The zero-order valence-electron chi connectivity index (χ0n) is 11.9. The zero-order valence-corrected chi connectivity index (χ0v) is 11.9. The molecule has 1 aromatic carbocycles. The molecule has 18 heavy (non-hydrogen) atoms. The van der Waals surface area contributed by atoms with Crippen LogP contribution in [0.3, 0.4) is 0 Å². The molecule has 0 aliphatic carbocycles. The maximum absolute atomic E-state index is 12.9. The van der Waals surface area contributed by atoms with Crippen LogP contribution in [0.15, 0.2) is 24.3 Å². The minimum absolute atomic E-state index is 0.0194. The Morgan fingerprint density at radius 1 is 1.11 bits per heavy atom. The highest BCUT2D eigenvalue weighted by molar-refractivity contribution is 5.24. The second-order valence-electron chi connectivity index (χ2n) is 5.68. The van der Waals surface area contributed by atoms with Crippen LogP contribution < -0.4 is 10.6 Å². The first-order chi connectivity index (χ1) is 8.42. The molecule has 0 heterocycles. The molecule has 0 unspecified atom stereocenters. The molecule has 0 amide bonds. The Morgan fingerprint density at radius 2 is 1.72 bits per heavy atom. The largest absolute Gasteiger partial charge is 0.315 e. The van der Waals surface area contributed by atoms with Crippen molar-refractivity contribution in [3.8, 4) is 0 Å². The van der Waals surface area contributed by atoms with Gasteiger partial charge < -0.3 is 10.6 Å². The topological polar surface area (TPSA) is 24.1 Å². The predicted molar refractivity (Wildman–Crippen MR) is 75.4 cm³/mol. The summed E-state index contributed by atoms with van der Waals surface area (Å²) >= 11 is 0. The second-order valence-corrected chi connectivity index (χ2v) is 5.68. The zero-order chi connectivity index (χ0) is 13.6. The van der Waals surface area contributed by atoms with Gasteiger partial charge in [-0.3, -0.25) is 0 Å². The lowest BCUT2D eigenvalue weighted by Gasteiger charge is -2.26. The molecule has 1 aromatic rings. The van der Waals surface area contributed by atoms with Gasteiger partial charge in [-0.15, -0.1) is 0 Å². The Balaban J connectivity index is 2.37. The summed E-state index contributed by atoms with van der Waals surface area (Å²) in [4.78, 5) is 0. The first-order valence-electron chi connectivity index (χ1n) is 6.62. The van der Waals surface area contributed by atoms with Crippen LogP contribution in [-0.2, 0) is 5.41 Å². The summed E-state index contributed by atoms with van der Waals surface area (Å²) in [6.45, 7) is 11.4. The average Bonchev–Trinajstić information content (AvgIpc) is 2.28. The molecule has 2 N–H and O–H groups in total. The lowest BCUT2D eigenvalue weighted by atomic mass is 9.84. The van der Waals surface area contributed by atoms with Crippen molar-refractivity contribution in [1.29, 1.82) is 0 Å². The Labute approximate surface area is 110 Å². The van der Waals surface area contributed by atoms with Crippen molar-refractivity contribution in [3.63, 3.8) is 0 Å². The number of rotatable bonds is 7. The molecule has 3 heteroatoms. The summed E-state index contributed by atoms with van der Waals surface area (Å²) in [5, 5.41) is 6.80. The van der Waals surface area contributed by atoms with E-state index in [2.05, 4.69) is 38.3 Å². The Morgan fingerprint density at radius 3 is 2.28 bits per heavy atom. The Kier molecular flexibility index (Phi) is 5.76. The van der Waals surface area contributed by atoms with Crippen LogP contribution >= 0.6 is 0 Å². The molecule has 0 aliphatic rings. The van der Waals surface area contributed by atoms with Crippen LogP contribution in [-0.4, -0.2) is 25.7 Å². The van der Waals surface area contributed by atoms with Gasteiger partial charge in [0.15, 0.2) is 0 Å². The monoisotopic (exact) mass is 252 g/mol. The number of benzene rings is 1. The van der Waals surface area contributed by atoms with Crippen LogP contribution in [0.4, 0.5) is 4.39 Å². The maximum Gasteiger partial charge on any atom is 0.123 e. The predicted octanol–water partition coefficient (Wildman–Crippen LogP) is 2.69. The fourth-order valence-corrected chi connectivity index (χ4v) is 1.85.